The van der Waals surface area contributed by atoms with Crippen LogP contribution in [0.25, 0.3) is 0 Å². The average Bonchev–Trinajstić information content (AvgIpc) is 2.63. The Morgan fingerprint density at radius 1 is 1.27 bits per heavy atom. The van der Waals surface area contributed by atoms with Crippen LogP contribution in [-0.4, -0.2) is 61.4 Å². The van der Waals surface area contributed by atoms with E-state index in [-0.39, 0.29) is 18.4 Å². The van der Waals surface area contributed by atoms with Crippen molar-refractivity contribution in [3.05, 3.63) is 24.3 Å². The van der Waals surface area contributed by atoms with Crippen molar-refractivity contribution in [3.63, 3.8) is 0 Å². The van der Waals surface area contributed by atoms with Gasteiger partial charge in [0.15, 0.2) is 0 Å². The molecule has 0 aromatic heterocycles. The average molecular weight is 361 g/mol. The molecule has 1 saturated heterocycles. The van der Waals surface area contributed by atoms with Gasteiger partial charge in [-0.2, -0.15) is 0 Å². The Morgan fingerprint density at radius 3 is 2.62 bits per heavy atom. The summed E-state index contributed by atoms with van der Waals surface area (Å²) in [6.45, 7) is 7.23. The number of piperidine rings is 1. The highest BCUT2D eigenvalue weighted by atomic mass is 16.5. The number of carbonyl (C=O) groups excluding carboxylic acids is 2. The standard InChI is InChI=1S/C20H31N3O3/c1-4-11-23(20(25)15-22-12-9-16(2)10-13-22)14-19(24)21-17-7-5-6-8-18(17)26-3/h5-8,16H,4,9-15H2,1-3H3,(H,21,24). The number of methoxy groups -OCH3 is 1. The van der Waals surface area contributed by atoms with E-state index in [4.69, 9.17) is 4.74 Å². The normalized spacial score (nSPS) is 15.5. The highest BCUT2D eigenvalue weighted by Crippen LogP contribution is 2.23. The van der Waals surface area contributed by atoms with Crippen LogP contribution in [0.2, 0.25) is 0 Å². The molecule has 1 aliphatic heterocycles. The second kappa shape index (κ2) is 10.2. The molecule has 144 valence electrons. The summed E-state index contributed by atoms with van der Waals surface area (Å²) >= 11 is 0. The third-order valence-corrected chi connectivity index (χ3v) is 4.80. The van der Waals surface area contributed by atoms with Gasteiger partial charge in [0.25, 0.3) is 0 Å². The summed E-state index contributed by atoms with van der Waals surface area (Å²) in [5.74, 6) is 1.16. The molecule has 0 unspecified atom stereocenters. The molecule has 1 heterocycles. The van der Waals surface area contributed by atoms with Crippen molar-refractivity contribution in [1.29, 1.82) is 0 Å². The number of rotatable bonds is 8. The van der Waals surface area contributed by atoms with Gasteiger partial charge in [0.2, 0.25) is 11.8 Å². The maximum absolute atomic E-state index is 12.7. The lowest BCUT2D eigenvalue weighted by Crippen LogP contribution is -2.46. The minimum Gasteiger partial charge on any atom is -0.495 e. The number of anilines is 1. The van der Waals surface area contributed by atoms with Gasteiger partial charge in [-0.25, -0.2) is 0 Å². The third-order valence-electron chi connectivity index (χ3n) is 4.80. The Kier molecular flexibility index (Phi) is 7.91. The van der Waals surface area contributed by atoms with Gasteiger partial charge in [0.05, 0.1) is 25.9 Å². The van der Waals surface area contributed by atoms with Crippen molar-refractivity contribution in [2.45, 2.75) is 33.1 Å². The molecule has 1 aliphatic rings. The molecule has 0 spiro atoms. The zero-order valence-electron chi connectivity index (χ0n) is 16.2. The lowest BCUT2D eigenvalue weighted by Gasteiger charge is -2.31. The summed E-state index contributed by atoms with van der Waals surface area (Å²) in [5, 5.41) is 2.84. The van der Waals surface area contributed by atoms with Gasteiger partial charge in [0.1, 0.15) is 5.75 Å². The van der Waals surface area contributed by atoms with E-state index in [1.807, 2.05) is 19.1 Å². The van der Waals surface area contributed by atoms with E-state index in [0.717, 1.165) is 38.3 Å². The number of likely N-dealkylation sites (tertiary alicyclic amines) is 1. The van der Waals surface area contributed by atoms with Crippen molar-refractivity contribution in [1.82, 2.24) is 9.80 Å². The molecule has 0 atom stereocenters. The molecule has 0 aliphatic carbocycles. The minimum atomic E-state index is -0.205. The largest absolute Gasteiger partial charge is 0.495 e. The smallest absolute Gasteiger partial charge is 0.244 e. The number of hydrogen-bond acceptors (Lipinski definition) is 4. The SMILES string of the molecule is CCCN(CC(=O)Nc1ccccc1OC)C(=O)CN1CCC(C)CC1. The molecule has 0 radical (unpaired) electrons. The summed E-state index contributed by atoms with van der Waals surface area (Å²) in [6, 6.07) is 7.27. The number of amides is 2. The van der Waals surface area contributed by atoms with E-state index in [9.17, 15) is 9.59 Å². The number of carbonyl (C=O) groups is 2. The van der Waals surface area contributed by atoms with Gasteiger partial charge >= 0.3 is 0 Å². The Hall–Kier alpha value is -2.08. The first-order valence-electron chi connectivity index (χ1n) is 9.46. The van der Waals surface area contributed by atoms with Crippen LogP contribution in [-0.2, 0) is 9.59 Å². The third kappa shape index (κ3) is 6.02. The number of ether oxygens (including phenoxy) is 1. The number of para-hydroxylation sites is 2. The number of benzene rings is 1. The molecular formula is C20H31N3O3. The van der Waals surface area contributed by atoms with Gasteiger partial charge in [0, 0.05) is 6.54 Å². The van der Waals surface area contributed by atoms with Gasteiger partial charge in [-0.05, 0) is 50.4 Å². The maximum atomic E-state index is 12.7. The van der Waals surface area contributed by atoms with Crippen LogP contribution in [0.1, 0.15) is 33.1 Å². The molecule has 6 nitrogen and oxygen atoms in total. The fourth-order valence-electron chi connectivity index (χ4n) is 3.18. The molecule has 1 aromatic rings. The van der Waals surface area contributed by atoms with Crippen LogP contribution < -0.4 is 10.1 Å². The van der Waals surface area contributed by atoms with Gasteiger partial charge < -0.3 is 15.0 Å². The Morgan fingerprint density at radius 2 is 1.96 bits per heavy atom. The zero-order valence-corrected chi connectivity index (χ0v) is 16.2. The lowest BCUT2D eigenvalue weighted by atomic mass is 9.99. The Labute approximate surface area is 156 Å². The van der Waals surface area contributed by atoms with Crippen molar-refractivity contribution >= 4 is 17.5 Å². The van der Waals surface area contributed by atoms with Crippen molar-refractivity contribution in [3.8, 4) is 5.75 Å². The first-order chi connectivity index (χ1) is 12.5. The summed E-state index contributed by atoms with van der Waals surface area (Å²) in [4.78, 5) is 29.0. The molecule has 1 fully saturated rings. The predicted octanol–water partition coefficient (Wildman–Crippen LogP) is 2.60. The minimum absolute atomic E-state index is 0.0246. The second-order valence-corrected chi connectivity index (χ2v) is 7.02. The molecule has 26 heavy (non-hydrogen) atoms. The first-order valence-corrected chi connectivity index (χ1v) is 9.46. The van der Waals surface area contributed by atoms with Crippen LogP contribution in [0, 0.1) is 5.92 Å². The van der Waals surface area contributed by atoms with Crippen LogP contribution in [0.5, 0.6) is 5.75 Å². The van der Waals surface area contributed by atoms with Gasteiger partial charge in [-0.3, -0.25) is 14.5 Å². The van der Waals surface area contributed by atoms with E-state index in [1.165, 1.54) is 0 Å². The molecular weight excluding hydrogens is 330 g/mol. The topological polar surface area (TPSA) is 61.9 Å². The van der Waals surface area contributed by atoms with E-state index in [0.29, 0.717) is 24.5 Å². The van der Waals surface area contributed by atoms with Crippen molar-refractivity contribution in [2.75, 3.05) is 45.2 Å². The summed E-state index contributed by atoms with van der Waals surface area (Å²) < 4.78 is 5.25. The van der Waals surface area contributed by atoms with E-state index in [1.54, 1.807) is 24.1 Å². The van der Waals surface area contributed by atoms with Crippen LogP contribution in [0.15, 0.2) is 24.3 Å². The van der Waals surface area contributed by atoms with Crippen molar-refractivity contribution < 1.29 is 14.3 Å². The highest BCUT2D eigenvalue weighted by molar-refractivity contribution is 5.95. The van der Waals surface area contributed by atoms with Crippen LogP contribution >= 0.6 is 0 Å². The molecule has 1 N–H and O–H groups in total. The molecule has 1 aromatic carbocycles. The lowest BCUT2D eigenvalue weighted by molar-refractivity contribution is -0.136. The maximum Gasteiger partial charge on any atom is 0.244 e. The predicted molar refractivity (Wildman–Crippen MR) is 103 cm³/mol. The Balaban J connectivity index is 1.91. The summed E-state index contributed by atoms with van der Waals surface area (Å²) in [5.41, 5.74) is 0.619. The van der Waals surface area contributed by atoms with Crippen LogP contribution in [0.4, 0.5) is 5.69 Å². The summed E-state index contributed by atoms with van der Waals surface area (Å²) in [7, 11) is 1.57. The second-order valence-electron chi connectivity index (χ2n) is 7.02. The monoisotopic (exact) mass is 361 g/mol. The number of nitrogens with one attached hydrogen (secondary N) is 1. The zero-order chi connectivity index (χ0) is 18.9. The van der Waals surface area contributed by atoms with Gasteiger partial charge in [-0.15, -0.1) is 0 Å². The quantitative estimate of drug-likeness (QED) is 0.773. The van der Waals surface area contributed by atoms with E-state index >= 15 is 0 Å². The van der Waals surface area contributed by atoms with Crippen molar-refractivity contribution in [2.24, 2.45) is 5.92 Å². The van der Waals surface area contributed by atoms with Crippen LogP contribution in [0.3, 0.4) is 0 Å². The molecule has 2 rings (SSSR count). The molecule has 6 heteroatoms. The summed E-state index contributed by atoms with van der Waals surface area (Å²) in [6.07, 6.45) is 3.09. The first kappa shape index (κ1) is 20.2. The molecule has 2 amide bonds. The Bertz CT molecular complexity index is 598. The fraction of sp³-hybridized carbons (Fsp3) is 0.600. The molecule has 0 saturated carbocycles. The van der Waals surface area contributed by atoms with Gasteiger partial charge in [-0.1, -0.05) is 26.0 Å². The number of nitrogens with zero attached hydrogens (tertiary/aromatic N) is 2. The highest BCUT2D eigenvalue weighted by Gasteiger charge is 2.22. The molecule has 0 bridgehead atoms. The number of hydrogen-bond donors (Lipinski definition) is 1. The van der Waals surface area contributed by atoms with E-state index < -0.39 is 0 Å². The fourth-order valence-corrected chi connectivity index (χ4v) is 3.18. The van der Waals surface area contributed by atoms with E-state index in [2.05, 4.69) is 17.1 Å².